The first-order valence-electron chi connectivity index (χ1n) is 8.09. The minimum Gasteiger partial charge on any atom is -0.393 e. The van der Waals surface area contributed by atoms with Crippen molar-refractivity contribution in [3.8, 4) is 0 Å². The summed E-state index contributed by atoms with van der Waals surface area (Å²) in [6.45, 7) is 9.46. The van der Waals surface area contributed by atoms with Crippen molar-refractivity contribution in [1.82, 2.24) is 4.90 Å². The zero-order chi connectivity index (χ0) is 17.5. The van der Waals surface area contributed by atoms with Gasteiger partial charge in [-0.05, 0) is 46.0 Å². The molecule has 6 nitrogen and oxygen atoms in total. The van der Waals surface area contributed by atoms with Crippen molar-refractivity contribution in [2.24, 2.45) is 5.41 Å². The number of rotatable bonds is 11. The second-order valence-electron chi connectivity index (χ2n) is 7.19. The zero-order valence-electron chi connectivity index (χ0n) is 14.6. The van der Waals surface area contributed by atoms with Crippen LogP contribution in [0.2, 0.25) is 0 Å². The lowest BCUT2D eigenvalue weighted by atomic mass is 9.74. The Hall–Kier alpha value is -0.240. The van der Waals surface area contributed by atoms with Crippen LogP contribution in [0.3, 0.4) is 0 Å². The van der Waals surface area contributed by atoms with Crippen LogP contribution in [0, 0.1) is 5.41 Å². The van der Waals surface area contributed by atoms with E-state index in [9.17, 15) is 25.5 Å². The average Bonchev–Trinajstić information content (AvgIpc) is 2.23. The van der Waals surface area contributed by atoms with Crippen LogP contribution in [0.4, 0.5) is 0 Å². The highest BCUT2D eigenvalue weighted by Crippen LogP contribution is 2.34. The van der Waals surface area contributed by atoms with E-state index in [0.29, 0.717) is 25.9 Å². The number of hydrogen-bond donors (Lipinski definition) is 5. The van der Waals surface area contributed by atoms with Crippen LogP contribution < -0.4 is 0 Å². The first-order valence-corrected chi connectivity index (χ1v) is 8.09. The van der Waals surface area contributed by atoms with Gasteiger partial charge in [0, 0.05) is 19.6 Å². The lowest BCUT2D eigenvalue weighted by Crippen LogP contribution is -2.48. The van der Waals surface area contributed by atoms with E-state index in [-0.39, 0.29) is 6.54 Å². The molecule has 0 fully saturated rings. The molecule has 0 aromatic heterocycles. The van der Waals surface area contributed by atoms with Gasteiger partial charge in [0.25, 0.3) is 0 Å². The fourth-order valence-electron chi connectivity index (χ4n) is 3.14. The van der Waals surface area contributed by atoms with Crippen LogP contribution in [0.25, 0.3) is 0 Å². The first kappa shape index (κ1) is 21.8. The van der Waals surface area contributed by atoms with E-state index >= 15 is 0 Å². The summed E-state index contributed by atoms with van der Waals surface area (Å²) in [7, 11) is 0. The Labute approximate surface area is 134 Å². The largest absolute Gasteiger partial charge is 0.393 e. The van der Waals surface area contributed by atoms with Crippen molar-refractivity contribution in [1.29, 1.82) is 0 Å². The number of aliphatic hydroxyl groups is 5. The Morgan fingerprint density at radius 3 is 1.32 bits per heavy atom. The van der Waals surface area contributed by atoms with E-state index in [1.54, 1.807) is 27.7 Å². The maximum atomic E-state index is 10.6. The summed E-state index contributed by atoms with van der Waals surface area (Å²) < 4.78 is 0. The molecule has 0 amide bonds. The molecular formula is C16H35NO5. The van der Waals surface area contributed by atoms with Crippen molar-refractivity contribution in [3.63, 3.8) is 0 Å². The van der Waals surface area contributed by atoms with E-state index in [0.717, 1.165) is 0 Å². The highest BCUT2D eigenvalue weighted by Gasteiger charge is 2.36. The molecular weight excluding hydrogens is 286 g/mol. The van der Waals surface area contributed by atoms with E-state index < -0.39 is 35.9 Å². The molecule has 0 saturated carbocycles. The Morgan fingerprint density at radius 1 is 0.682 bits per heavy atom. The van der Waals surface area contributed by atoms with Gasteiger partial charge in [0.15, 0.2) is 0 Å². The molecule has 0 saturated heterocycles. The van der Waals surface area contributed by atoms with Gasteiger partial charge in [0.05, 0.1) is 30.5 Å². The highest BCUT2D eigenvalue weighted by atomic mass is 16.3. The monoisotopic (exact) mass is 321 g/mol. The molecule has 0 aromatic carbocycles. The summed E-state index contributed by atoms with van der Waals surface area (Å²) in [5.74, 6) is 0. The van der Waals surface area contributed by atoms with Gasteiger partial charge in [0.1, 0.15) is 0 Å². The first-order chi connectivity index (χ1) is 9.96. The second-order valence-corrected chi connectivity index (χ2v) is 7.19. The lowest BCUT2D eigenvalue weighted by molar-refractivity contribution is -0.0510. The third kappa shape index (κ3) is 9.02. The molecule has 22 heavy (non-hydrogen) atoms. The van der Waals surface area contributed by atoms with Crippen molar-refractivity contribution >= 4 is 0 Å². The minimum atomic E-state index is -0.783. The third-order valence-corrected chi connectivity index (χ3v) is 3.80. The third-order valence-electron chi connectivity index (χ3n) is 3.80. The molecule has 5 atom stereocenters. The van der Waals surface area contributed by atoms with Gasteiger partial charge >= 0.3 is 0 Å². The lowest BCUT2D eigenvalue weighted by Gasteiger charge is -2.39. The van der Waals surface area contributed by atoms with Crippen LogP contribution in [-0.4, -0.2) is 80.6 Å². The Kier molecular flexibility index (Phi) is 9.69. The summed E-state index contributed by atoms with van der Waals surface area (Å²) in [4.78, 5) is 1.81. The van der Waals surface area contributed by atoms with Crippen LogP contribution >= 0.6 is 0 Å². The van der Waals surface area contributed by atoms with Crippen LogP contribution in [-0.2, 0) is 0 Å². The van der Waals surface area contributed by atoms with E-state index in [1.165, 1.54) is 0 Å². The Morgan fingerprint density at radius 2 is 1.05 bits per heavy atom. The molecule has 5 N–H and O–H groups in total. The molecule has 0 rings (SSSR count). The molecule has 0 aromatic rings. The second kappa shape index (κ2) is 9.80. The van der Waals surface area contributed by atoms with Gasteiger partial charge in [0.2, 0.25) is 0 Å². The quantitative estimate of drug-likeness (QED) is 0.366. The van der Waals surface area contributed by atoms with Crippen LogP contribution in [0.1, 0.15) is 47.5 Å². The summed E-state index contributed by atoms with van der Waals surface area (Å²) in [6.07, 6.45) is -2.33. The fraction of sp³-hybridized carbons (Fsp3) is 1.00. The molecule has 0 aliphatic carbocycles. The van der Waals surface area contributed by atoms with Gasteiger partial charge in [-0.1, -0.05) is 6.92 Å². The van der Waals surface area contributed by atoms with E-state index in [4.69, 9.17) is 0 Å². The number of nitrogens with zero attached hydrogens (tertiary/aromatic N) is 1. The topological polar surface area (TPSA) is 104 Å². The molecule has 0 heterocycles. The van der Waals surface area contributed by atoms with E-state index in [2.05, 4.69) is 0 Å². The van der Waals surface area contributed by atoms with Gasteiger partial charge in [-0.15, -0.1) is 0 Å². The zero-order valence-corrected chi connectivity index (χ0v) is 14.6. The minimum absolute atomic E-state index is 0.270. The van der Waals surface area contributed by atoms with Crippen molar-refractivity contribution in [3.05, 3.63) is 0 Å². The Bertz CT molecular complexity index is 274. The van der Waals surface area contributed by atoms with Crippen molar-refractivity contribution in [2.75, 3.05) is 19.6 Å². The van der Waals surface area contributed by atoms with Crippen molar-refractivity contribution in [2.45, 2.75) is 78.0 Å². The molecule has 0 aliphatic heterocycles. The molecule has 5 unspecified atom stereocenters. The molecule has 0 bridgehead atoms. The predicted octanol–water partition coefficient (Wildman–Crippen LogP) is -0.0410. The maximum Gasteiger partial charge on any atom is 0.0722 e. The van der Waals surface area contributed by atoms with Crippen molar-refractivity contribution < 1.29 is 25.5 Å². The summed E-state index contributed by atoms with van der Waals surface area (Å²) in [5.41, 5.74) is -0.641. The standard InChI is InChI=1S/C16H35NO5/c1-11(18)6-16(5,7-12(2)19)15(22)10-17(8-13(3)20)9-14(4)21/h11-15,18-22H,6-10H2,1-5H3. The molecule has 0 radical (unpaired) electrons. The molecule has 134 valence electrons. The summed E-state index contributed by atoms with van der Waals surface area (Å²) >= 11 is 0. The number of aliphatic hydroxyl groups excluding tert-OH is 5. The molecule has 0 spiro atoms. The highest BCUT2D eigenvalue weighted by molar-refractivity contribution is 4.88. The fourth-order valence-corrected chi connectivity index (χ4v) is 3.14. The van der Waals surface area contributed by atoms with Gasteiger partial charge in [-0.25, -0.2) is 0 Å². The molecule has 6 heteroatoms. The SMILES string of the molecule is CC(O)CN(CC(C)O)CC(O)C(C)(CC(C)O)CC(C)O. The summed E-state index contributed by atoms with van der Waals surface area (Å²) in [6, 6.07) is 0. The molecule has 0 aliphatic rings. The smallest absolute Gasteiger partial charge is 0.0722 e. The Balaban J connectivity index is 4.97. The maximum absolute atomic E-state index is 10.6. The van der Waals surface area contributed by atoms with Gasteiger partial charge < -0.3 is 25.5 Å². The average molecular weight is 321 g/mol. The van der Waals surface area contributed by atoms with E-state index in [1.807, 2.05) is 11.8 Å². The number of hydrogen-bond acceptors (Lipinski definition) is 6. The predicted molar refractivity (Wildman–Crippen MR) is 86.5 cm³/mol. The normalized spacial score (nSPS) is 22.0. The van der Waals surface area contributed by atoms with Crippen LogP contribution in [0.15, 0.2) is 0 Å². The van der Waals surface area contributed by atoms with Crippen LogP contribution in [0.5, 0.6) is 0 Å². The van der Waals surface area contributed by atoms with Gasteiger partial charge in [-0.3, -0.25) is 4.90 Å². The van der Waals surface area contributed by atoms with Gasteiger partial charge in [-0.2, -0.15) is 0 Å². The summed E-state index contributed by atoms with van der Waals surface area (Å²) in [5, 5.41) is 49.1.